The van der Waals surface area contributed by atoms with Crippen molar-refractivity contribution in [2.45, 2.75) is 25.8 Å². The predicted octanol–water partition coefficient (Wildman–Crippen LogP) is 1.83. The molecule has 0 atom stereocenters. The minimum atomic E-state index is -0.287. The molecule has 1 rings (SSSR count). The Bertz CT molecular complexity index is 383. The van der Waals surface area contributed by atoms with Crippen LogP contribution in [0.15, 0.2) is 18.2 Å². The molecule has 94 valence electrons. The summed E-state index contributed by atoms with van der Waals surface area (Å²) in [5.41, 5.74) is 11.5. The van der Waals surface area contributed by atoms with E-state index < -0.39 is 0 Å². The number of primary amides is 1. The average molecular weight is 257 g/mol. The standard InChI is InChI=1S/C12H17ClN2O2/c13-10-5-3-4-9(8-14)12(10)17-7-2-1-6-11(15)16/h3-5H,1-2,6-8,14H2,(H2,15,16). The Labute approximate surface area is 106 Å². The van der Waals surface area contributed by atoms with Gasteiger partial charge in [-0.15, -0.1) is 0 Å². The summed E-state index contributed by atoms with van der Waals surface area (Å²) in [7, 11) is 0. The normalized spacial score (nSPS) is 10.2. The lowest BCUT2D eigenvalue weighted by Gasteiger charge is -2.11. The van der Waals surface area contributed by atoms with Crippen LogP contribution >= 0.6 is 11.6 Å². The van der Waals surface area contributed by atoms with Crippen molar-refractivity contribution in [2.75, 3.05) is 6.61 Å². The molecule has 0 spiro atoms. The third-order valence-corrected chi connectivity index (χ3v) is 2.63. The molecule has 0 bridgehead atoms. The summed E-state index contributed by atoms with van der Waals surface area (Å²) in [5, 5.41) is 0.558. The van der Waals surface area contributed by atoms with Crippen LogP contribution in [0.2, 0.25) is 5.02 Å². The SMILES string of the molecule is NCc1cccc(Cl)c1OCCCCC(N)=O. The lowest BCUT2D eigenvalue weighted by atomic mass is 10.2. The van der Waals surface area contributed by atoms with Gasteiger partial charge in [0.05, 0.1) is 11.6 Å². The average Bonchev–Trinajstić information content (AvgIpc) is 2.30. The molecule has 0 fully saturated rings. The van der Waals surface area contributed by atoms with Crippen molar-refractivity contribution in [3.63, 3.8) is 0 Å². The summed E-state index contributed by atoms with van der Waals surface area (Å²) < 4.78 is 5.58. The van der Waals surface area contributed by atoms with Crippen molar-refractivity contribution in [1.82, 2.24) is 0 Å². The van der Waals surface area contributed by atoms with Gasteiger partial charge in [-0.05, 0) is 18.9 Å². The lowest BCUT2D eigenvalue weighted by molar-refractivity contribution is -0.118. The Morgan fingerprint density at radius 3 is 2.76 bits per heavy atom. The number of hydrogen-bond acceptors (Lipinski definition) is 3. The number of unbranched alkanes of at least 4 members (excludes halogenated alkanes) is 1. The Kier molecular flexibility index (Phi) is 5.80. The molecule has 1 aromatic rings. The molecule has 0 aliphatic rings. The highest BCUT2D eigenvalue weighted by Gasteiger charge is 2.06. The molecular formula is C12H17ClN2O2. The summed E-state index contributed by atoms with van der Waals surface area (Å²) in [5.74, 6) is 0.348. The van der Waals surface area contributed by atoms with E-state index in [2.05, 4.69) is 0 Å². The third-order valence-electron chi connectivity index (χ3n) is 2.33. The van der Waals surface area contributed by atoms with Crippen molar-refractivity contribution in [1.29, 1.82) is 0 Å². The van der Waals surface area contributed by atoms with Crippen LogP contribution in [0, 0.1) is 0 Å². The highest BCUT2D eigenvalue weighted by atomic mass is 35.5. The van der Waals surface area contributed by atoms with E-state index in [1.165, 1.54) is 0 Å². The molecule has 4 nitrogen and oxygen atoms in total. The van der Waals surface area contributed by atoms with Gasteiger partial charge in [0.25, 0.3) is 0 Å². The zero-order valence-corrected chi connectivity index (χ0v) is 10.4. The van der Waals surface area contributed by atoms with Crippen LogP contribution in [0.4, 0.5) is 0 Å². The number of carbonyl (C=O) groups is 1. The van der Waals surface area contributed by atoms with Gasteiger partial charge >= 0.3 is 0 Å². The Morgan fingerprint density at radius 1 is 1.35 bits per heavy atom. The van der Waals surface area contributed by atoms with E-state index >= 15 is 0 Å². The Morgan fingerprint density at radius 2 is 2.12 bits per heavy atom. The second-order valence-electron chi connectivity index (χ2n) is 3.70. The van der Waals surface area contributed by atoms with Crippen molar-refractivity contribution in [3.8, 4) is 5.75 Å². The molecule has 0 radical (unpaired) electrons. The van der Waals surface area contributed by atoms with E-state index in [-0.39, 0.29) is 5.91 Å². The molecule has 5 heteroatoms. The lowest BCUT2D eigenvalue weighted by Crippen LogP contribution is -2.10. The second-order valence-corrected chi connectivity index (χ2v) is 4.11. The number of halogens is 1. The predicted molar refractivity (Wildman–Crippen MR) is 67.9 cm³/mol. The first-order chi connectivity index (χ1) is 8.15. The van der Waals surface area contributed by atoms with Crippen molar-refractivity contribution >= 4 is 17.5 Å². The Hall–Kier alpha value is -1.26. The zero-order chi connectivity index (χ0) is 12.7. The van der Waals surface area contributed by atoms with Gasteiger partial charge in [-0.1, -0.05) is 23.7 Å². The quantitative estimate of drug-likeness (QED) is 0.731. The van der Waals surface area contributed by atoms with Crippen molar-refractivity contribution < 1.29 is 9.53 Å². The molecule has 1 amide bonds. The smallest absolute Gasteiger partial charge is 0.217 e. The number of benzene rings is 1. The van der Waals surface area contributed by atoms with E-state index in [1.54, 1.807) is 6.07 Å². The molecule has 0 saturated carbocycles. The highest BCUT2D eigenvalue weighted by Crippen LogP contribution is 2.28. The van der Waals surface area contributed by atoms with Crippen LogP contribution in [0.25, 0.3) is 0 Å². The summed E-state index contributed by atoms with van der Waals surface area (Å²) in [6.45, 7) is 0.890. The molecule has 17 heavy (non-hydrogen) atoms. The van der Waals surface area contributed by atoms with Gasteiger partial charge in [-0.3, -0.25) is 4.79 Å². The van der Waals surface area contributed by atoms with Crippen LogP contribution in [-0.4, -0.2) is 12.5 Å². The minimum absolute atomic E-state index is 0.287. The summed E-state index contributed by atoms with van der Waals surface area (Å²) >= 11 is 6.02. The molecule has 0 aliphatic carbocycles. The fourth-order valence-electron chi connectivity index (χ4n) is 1.45. The first kappa shape index (κ1) is 13.8. The molecule has 4 N–H and O–H groups in total. The van der Waals surface area contributed by atoms with Crippen molar-refractivity contribution in [3.05, 3.63) is 28.8 Å². The Balaban J connectivity index is 2.43. The van der Waals surface area contributed by atoms with E-state index in [0.717, 1.165) is 18.4 Å². The van der Waals surface area contributed by atoms with E-state index in [0.29, 0.717) is 30.3 Å². The first-order valence-corrected chi connectivity index (χ1v) is 5.91. The first-order valence-electron chi connectivity index (χ1n) is 5.53. The number of rotatable bonds is 7. The van der Waals surface area contributed by atoms with Gasteiger partial charge in [0.2, 0.25) is 5.91 Å². The fraction of sp³-hybridized carbons (Fsp3) is 0.417. The summed E-state index contributed by atoms with van der Waals surface area (Å²) in [6, 6.07) is 5.48. The van der Waals surface area contributed by atoms with E-state index in [9.17, 15) is 4.79 Å². The summed E-state index contributed by atoms with van der Waals surface area (Å²) in [6.07, 6.45) is 1.87. The van der Waals surface area contributed by atoms with Gasteiger partial charge in [0, 0.05) is 18.5 Å². The number of nitrogens with two attached hydrogens (primary N) is 2. The van der Waals surface area contributed by atoms with E-state index in [1.807, 2.05) is 12.1 Å². The largest absolute Gasteiger partial charge is 0.492 e. The maximum absolute atomic E-state index is 10.5. The number of para-hydroxylation sites is 1. The van der Waals surface area contributed by atoms with E-state index in [4.69, 9.17) is 27.8 Å². The monoisotopic (exact) mass is 256 g/mol. The topological polar surface area (TPSA) is 78.3 Å². The maximum Gasteiger partial charge on any atom is 0.217 e. The van der Waals surface area contributed by atoms with Crippen LogP contribution in [-0.2, 0) is 11.3 Å². The molecule has 0 aromatic heterocycles. The van der Waals surface area contributed by atoms with Gasteiger partial charge in [-0.25, -0.2) is 0 Å². The maximum atomic E-state index is 10.5. The van der Waals surface area contributed by atoms with Crippen molar-refractivity contribution in [2.24, 2.45) is 11.5 Å². The minimum Gasteiger partial charge on any atom is -0.492 e. The van der Waals surface area contributed by atoms with Gasteiger partial charge in [0.1, 0.15) is 5.75 Å². The molecule has 0 aliphatic heterocycles. The second kappa shape index (κ2) is 7.14. The van der Waals surface area contributed by atoms with Crippen LogP contribution < -0.4 is 16.2 Å². The van der Waals surface area contributed by atoms with Crippen LogP contribution in [0.5, 0.6) is 5.75 Å². The third kappa shape index (κ3) is 4.63. The van der Waals surface area contributed by atoms with Gasteiger partial charge < -0.3 is 16.2 Å². The highest BCUT2D eigenvalue weighted by molar-refractivity contribution is 6.32. The fourth-order valence-corrected chi connectivity index (χ4v) is 1.70. The van der Waals surface area contributed by atoms with Crippen LogP contribution in [0.1, 0.15) is 24.8 Å². The number of carbonyl (C=O) groups excluding carboxylic acids is 1. The molecule has 0 unspecified atom stereocenters. The number of ether oxygens (including phenoxy) is 1. The van der Waals surface area contributed by atoms with Gasteiger partial charge in [-0.2, -0.15) is 0 Å². The van der Waals surface area contributed by atoms with Gasteiger partial charge in [0.15, 0.2) is 0 Å². The molecule has 0 saturated heterocycles. The molecule has 1 aromatic carbocycles. The van der Waals surface area contributed by atoms with Crippen LogP contribution in [0.3, 0.4) is 0 Å². The summed E-state index contributed by atoms with van der Waals surface area (Å²) in [4.78, 5) is 10.5. The number of amides is 1. The zero-order valence-electron chi connectivity index (χ0n) is 9.62. The number of hydrogen-bond donors (Lipinski definition) is 2. The molecular weight excluding hydrogens is 240 g/mol. The molecule has 0 heterocycles.